The van der Waals surface area contributed by atoms with Gasteiger partial charge in [-0.25, -0.2) is 9.37 Å². The average Bonchev–Trinajstić information content (AvgIpc) is 2.45. The zero-order valence-electron chi connectivity index (χ0n) is 11.8. The van der Waals surface area contributed by atoms with E-state index in [0.29, 0.717) is 0 Å². The first-order valence-corrected chi connectivity index (χ1v) is 7.64. The van der Waals surface area contributed by atoms with Crippen LogP contribution in [-0.4, -0.2) is 11.5 Å². The topological polar surface area (TPSA) is 24.9 Å². The molecule has 0 aliphatic rings. The Labute approximate surface area is 123 Å². The molecule has 106 valence electrons. The van der Waals surface area contributed by atoms with Crippen molar-refractivity contribution in [1.82, 2.24) is 10.3 Å². The molecule has 20 heavy (non-hydrogen) atoms. The fourth-order valence-corrected chi connectivity index (χ4v) is 2.95. The summed E-state index contributed by atoms with van der Waals surface area (Å²) in [6, 6.07) is 10.9. The van der Waals surface area contributed by atoms with E-state index in [4.69, 9.17) is 0 Å². The highest BCUT2D eigenvalue weighted by Gasteiger charge is 2.12. The normalized spacial score (nSPS) is 12.3. The molecule has 1 heterocycles. The molecule has 0 fully saturated rings. The van der Waals surface area contributed by atoms with Gasteiger partial charge in [0.05, 0.1) is 0 Å². The van der Waals surface area contributed by atoms with Crippen molar-refractivity contribution in [1.29, 1.82) is 0 Å². The number of aromatic nitrogens is 1. The Hall–Kier alpha value is -1.39. The van der Waals surface area contributed by atoms with Crippen LogP contribution < -0.4 is 5.32 Å². The number of hydrogen-bond acceptors (Lipinski definition) is 3. The summed E-state index contributed by atoms with van der Waals surface area (Å²) in [6.07, 6.45) is 2.87. The summed E-state index contributed by atoms with van der Waals surface area (Å²) in [4.78, 5) is 5.30. The summed E-state index contributed by atoms with van der Waals surface area (Å²) in [5.74, 6) is -0.218. The Morgan fingerprint density at radius 2 is 2.15 bits per heavy atom. The van der Waals surface area contributed by atoms with Crippen molar-refractivity contribution in [2.45, 2.75) is 36.2 Å². The van der Waals surface area contributed by atoms with Crippen molar-refractivity contribution in [2.24, 2.45) is 0 Å². The van der Waals surface area contributed by atoms with Crippen LogP contribution in [0.1, 0.15) is 31.9 Å². The van der Waals surface area contributed by atoms with E-state index >= 15 is 0 Å². The maximum atomic E-state index is 13.2. The summed E-state index contributed by atoms with van der Waals surface area (Å²) < 4.78 is 13.2. The highest BCUT2D eigenvalue weighted by Crippen LogP contribution is 2.31. The van der Waals surface area contributed by atoms with Crippen LogP contribution in [0.15, 0.2) is 52.5 Å². The molecule has 1 N–H and O–H groups in total. The van der Waals surface area contributed by atoms with E-state index in [1.165, 1.54) is 23.9 Å². The number of nitrogens with one attached hydrogen (secondary N) is 1. The Morgan fingerprint density at radius 3 is 2.90 bits per heavy atom. The molecule has 0 aliphatic carbocycles. The van der Waals surface area contributed by atoms with Crippen LogP contribution in [0.5, 0.6) is 0 Å². The van der Waals surface area contributed by atoms with Gasteiger partial charge < -0.3 is 5.32 Å². The third kappa shape index (κ3) is 4.05. The number of pyridine rings is 1. The third-order valence-electron chi connectivity index (χ3n) is 2.98. The minimum absolute atomic E-state index is 0.218. The molecule has 0 radical (unpaired) electrons. The van der Waals surface area contributed by atoms with Crippen LogP contribution in [0.25, 0.3) is 0 Å². The van der Waals surface area contributed by atoms with Crippen LogP contribution in [0.3, 0.4) is 0 Å². The molecule has 0 saturated heterocycles. The summed E-state index contributed by atoms with van der Waals surface area (Å²) >= 11 is 1.50. The van der Waals surface area contributed by atoms with Gasteiger partial charge >= 0.3 is 0 Å². The molecule has 1 atom stereocenters. The second-order valence-electron chi connectivity index (χ2n) is 4.63. The number of hydrogen-bond donors (Lipinski definition) is 1. The van der Waals surface area contributed by atoms with Gasteiger partial charge in [-0.2, -0.15) is 0 Å². The van der Waals surface area contributed by atoms with Crippen LogP contribution >= 0.6 is 11.8 Å². The van der Waals surface area contributed by atoms with Gasteiger partial charge in [0.15, 0.2) is 0 Å². The molecule has 1 aromatic carbocycles. The smallest absolute Gasteiger partial charge is 0.124 e. The predicted octanol–water partition coefficient (Wildman–Crippen LogP) is 4.43. The second kappa shape index (κ2) is 7.41. The molecule has 4 heteroatoms. The summed E-state index contributed by atoms with van der Waals surface area (Å²) in [5.41, 5.74) is 1.15. The molecule has 0 spiro atoms. The lowest BCUT2D eigenvalue weighted by Gasteiger charge is -2.16. The fraction of sp³-hybridized carbons (Fsp3) is 0.312. The van der Waals surface area contributed by atoms with Gasteiger partial charge in [-0.05, 0) is 44.2 Å². The SMILES string of the molecule is CCCNC(C)c1cccnc1Sc1cccc(F)c1. The Morgan fingerprint density at radius 1 is 1.30 bits per heavy atom. The lowest BCUT2D eigenvalue weighted by atomic mass is 10.1. The summed E-state index contributed by atoms with van der Waals surface area (Å²) in [7, 11) is 0. The lowest BCUT2D eigenvalue weighted by molar-refractivity contribution is 0.560. The quantitative estimate of drug-likeness (QED) is 0.851. The minimum Gasteiger partial charge on any atom is -0.310 e. The van der Waals surface area contributed by atoms with Crippen molar-refractivity contribution in [3.05, 3.63) is 54.0 Å². The first-order valence-electron chi connectivity index (χ1n) is 6.82. The zero-order chi connectivity index (χ0) is 14.4. The maximum absolute atomic E-state index is 13.2. The van der Waals surface area contributed by atoms with E-state index in [9.17, 15) is 4.39 Å². The molecule has 0 bridgehead atoms. The van der Waals surface area contributed by atoms with E-state index in [1.807, 2.05) is 12.1 Å². The molecular weight excluding hydrogens is 271 g/mol. The molecule has 2 aromatic rings. The van der Waals surface area contributed by atoms with Gasteiger partial charge in [0.1, 0.15) is 10.8 Å². The highest BCUT2D eigenvalue weighted by atomic mass is 32.2. The molecule has 2 nitrogen and oxygen atoms in total. The first kappa shape index (κ1) is 15.0. The predicted molar refractivity (Wildman–Crippen MR) is 81.5 cm³/mol. The van der Waals surface area contributed by atoms with Crippen molar-refractivity contribution in [3.8, 4) is 0 Å². The Kier molecular flexibility index (Phi) is 5.56. The largest absolute Gasteiger partial charge is 0.310 e. The van der Waals surface area contributed by atoms with E-state index < -0.39 is 0 Å². The monoisotopic (exact) mass is 290 g/mol. The zero-order valence-corrected chi connectivity index (χ0v) is 12.6. The fourth-order valence-electron chi connectivity index (χ4n) is 1.93. The number of rotatable bonds is 6. The molecule has 2 rings (SSSR count). The van der Waals surface area contributed by atoms with Crippen molar-refractivity contribution >= 4 is 11.8 Å². The van der Waals surface area contributed by atoms with E-state index in [2.05, 4.69) is 30.2 Å². The van der Waals surface area contributed by atoms with Crippen LogP contribution in [0, 0.1) is 5.82 Å². The molecule has 0 amide bonds. The minimum atomic E-state index is -0.218. The lowest BCUT2D eigenvalue weighted by Crippen LogP contribution is -2.20. The van der Waals surface area contributed by atoms with E-state index in [0.717, 1.165) is 28.5 Å². The highest BCUT2D eigenvalue weighted by molar-refractivity contribution is 7.99. The van der Waals surface area contributed by atoms with Crippen LogP contribution in [0.4, 0.5) is 4.39 Å². The van der Waals surface area contributed by atoms with Crippen molar-refractivity contribution in [3.63, 3.8) is 0 Å². The van der Waals surface area contributed by atoms with E-state index in [-0.39, 0.29) is 11.9 Å². The van der Waals surface area contributed by atoms with Crippen molar-refractivity contribution in [2.75, 3.05) is 6.54 Å². The summed E-state index contributed by atoms with van der Waals surface area (Å²) in [6.45, 7) is 5.24. The number of nitrogens with zero attached hydrogens (tertiary/aromatic N) is 1. The molecular formula is C16H19FN2S. The molecule has 0 saturated carbocycles. The van der Waals surface area contributed by atoms with Crippen LogP contribution in [-0.2, 0) is 0 Å². The van der Waals surface area contributed by atoms with Gasteiger partial charge in [0.25, 0.3) is 0 Å². The number of halogens is 1. The maximum Gasteiger partial charge on any atom is 0.124 e. The van der Waals surface area contributed by atoms with Gasteiger partial charge in [-0.3, -0.25) is 0 Å². The van der Waals surface area contributed by atoms with Crippen LogP contribution in [0.2, 0.25) is 0 Å². The second-order valence-corrected chi connectivity index (χ2v) is 5.70. The number of benzene rings is 1. The standard InChI is InChI=1S/C16H19FN2S/c1-3-9-18-12(2)15-8-5-10-19-16(15)20-14-7-4-6-13(17)11-14/h4-8,10-12,18H,3,9H2,1-2H3. The van der Waals surface area contributed by atoms with Gasteiger partial charge in [-0.15, -0.1) is 0 Å². The van der Waals surface area contributed by atoms with Crippen molar-refractivity contribution < 1.29 is 4.39 Å². The third-order valence-corrected chi connectivity index (χ3v) is 4.00. The molecule has 1 aromatic heterocycles. The first-order chi connectivity index (χ1) is 9.70. The van der Waals surface area contributed by atoms with Gasteiger partial charge in [0, 0.05) is 22.7 Å². The Balaban J connectivity index is 2.19. The van der Waals surface area contributed by atoms with Gasteiger partial charge in [0.2, 0.25) is 0 Å². The average molecular weight is 290 g/mol. The molecule has 0 aliphatic heterocycles. The Bertz CT molecular complexity index is 560. The summed E-state index contributed by atoms with van der Waals surface area (Å²) in [5, 5.41) is 4.38. The van der Waals surface area contributed by atoms with Gasteiger partial charge in [-0.1, -0.05) is 30.8 Å². The molecule has 1 unspecified atom stereocenters. The van der Waals surface area contributed by atoms with E-state index in [1.54, 1.807) is 12.3 Å².